The van der Waals surface area contributed by atoms with Crippen LogP contribution in [0.25, 0.3) is 0 Å². The van der Waals surface area contributed by atoms with Gasteiger partial charge in [-0.2, -0.15) is 0 Å². The van der Waals surface area contributed by atoms with Crippen molar-refractivity contribution in [3.8, 4) is 0 Å². The van der Waals surface area contributed by atoms with Gasteiger partial charge in [0.05, 0.1) is 0 Å². The van der Waals surface area contributed by atoms with Crippen LogP contribution >= 0.6 is 0 Å². The molecule has 0 aromatic rings. The van der Waals surface area contributed by atoms with Crippen molar-refractivity contribution >= 4 is 5.78 Å². The molecule has 5 rings (SSSR count). The molecule has 13 heavy (non-hydrogen) atoms. The molecule has 5 aliphatic rings. The van der Waals surface area contributed by atoms with Crippen molar-refractivity contribution in [1.29, 1.82) is 0 Å². The average molecular weight is 172 g/mol. The fourth-order valence-electron chi connectivity index (χ4n) is 3.90. The summed E-state index contributed by atoms with van der Waals surface area (Å²) in [4.78, 5) is 11.6. The normalized spacial score (nSPS) is 59.5. The quantitative estimate of drug-likeness (QED) is 0.509. The van der Waals surface area contributed by atoms with Gasteiger partial charge >= 0.3 is 0 Å². The minimum atomic E-state index is 0.346. The lowest BCUT2D eigenvalue weighted by Crippen LogP contribution is -2.38. The fraction of sp³-hybridized carbons (Fsp3) is 0.583. The zero-order chi connectivity index (χ0) is 8.58. The molecule has 2 saturated carbocycles. The first-order chi connectivity index (χ1) is 6.36. The van der Waals surface area contributed by atoms with E-state index < -0.39 is 0 Å². The van der Waals surface area contributed by atoms with E-state index in [1.165, 1.54) is 6.42 Å². The van der Waals surface area contributed by atoms with Crippen LogP contribution < -0.4 is 0 Å². The van der Waals surface area contributed by atoms with Crippen LogP contribution in [0, 0.1) is 35.5 Å². The van der Waals surface area contributed by atoms with E-state index >= 15 is 0 Å². The Morgan fingerprint density at radius 3 is 2.69 bits per heavy atom. The maximum atomic E-state index is 11.6. The molecule has 0 heterocycles. The van der Waals surface area contributed by atoms with Gasteiger partial charge in [-0.25, -0.2) is 0 Å². The van der Waals surface area contributed by atoms with Gasteiger partial charge in [-0.15, -0.1) is 0 Å². The molecule has 0 N–H and O–H groups in total. The number of rotatable bonds is 0. The van der Waals surface area contributed by atoms with E-state index in [1.54, 1.807) is 0 Å². The van der Waals surface area contributed by atoms with E-state index in [2.05, 4.69) is 18.2 Å². The molecule has 0 spiro atoms. The highest BCUT2D eigenvalue weighted by atomic mass is 16.1. The van der Waals surface area contributed by atoms with Crippen molar-refractivity contribution in [2.45, 2.75) is 6.42 Å². The summed E-state index contributed by atoms with van der Waals surface area (Å²) >= 11 is 0. The molecule has 0 amide bonds. The SMILES string of the molecule is O=C1C=C[C@H]2[C@H]3C=C[C@H]([C@@H]4C[C@H]34)[C@@H]12. The van der Waals surface area contributed by atoms with Crippen LogP contribution in [-0.4, -0.2) is 5.78 Å². The molecular formula is C12H12O. The molecule has 0 saturated heterocycles. The number of carbonyl (C=O) groups excluding carboxylic acids is 1. The molecule has 0 radical (unpaired) electrons. The molecule has 66 valence electrons. The zero-order valence-electron chi connectivity index (χ0n) is 7.39. The Kier molecular flexibility index (Phi) is 0.919. The van der Waals surface area contributed by atoms with E-state index in [0.29, 0.717) is 29.5 Å². The smallest absolute Gasteiger partial charge is 0.159 e. The highest BCUT2D eigenvalue weighted by Gasteiger charge is 2.60. The molecule has 2 bridgehead atoms. The van der Waals surface area contributed by atoms with Gasteiger partial charge in [-0.05, 0) is 42.1 Å². The summed E-state index contributed by atoms with van der Waals surface area (Å²) in [5.41, 5.74) is 0. The van der Waals surface area contributed by atoms with Crippen molar-refractivity contribution < 1.29 is 4.79 Å². The van der Waals surface area contributed by atoms with Crippen LogP contribution in [0.4, 0.5) is 0 Å². The van der Waals surface area contributed by atoms with E-state index in [4.69, 9.17) is 0 Å². The third-order valence-corrected chi connectivity index (χ3v) is 4.52. The van der Waals surface area contributed by atoms with E-state index in [9.17, 15) is 4.79 Å². The van der Waals surface area contributed by atoms with Gasteiger partial charge in [0.15, 0.2) is 5.78 Å². The van der Waals surface area contributed by atoms with Gasteiger partial charge in [0.25, 0.3) is 0 Å². The van der Waals surface area contributed by atoms with Crippen LogP contribution in [-0.2, 0) is 4.79 Å². The van der Waals surface area contributed by atoms with Crippen molar-refractivity contribution in [3.63, 3.8) is 0 Å². The zero-order valence-corrected chi connectivity index (χ0v) is 7.39. The highest BCUT2D eigenvalue weighted by Crippen LogP contribution is 2.64. The van der Waals surface area contributed by atoms with E-state index in [0.717, 1.165) is 11.8 Å². The summed E-state index contributed by atoms with van der Waals surface area (Å²) in [6.45, 7) is 0. The second kappa shape index (κ2) is 1.82. The maximum absolute atomic E-state index is 11.6. The Labute approximate surface area is 77.5 Å². The third kappa shape index (κ3) is 0.609. The third-order valence-electron chi connectivity index (χ3n) is 4.52. The summed E-state index contributed by atoms with van der Waals surface area (Å²) in [6.07, 6.45) is 10.1. The van der Waals surface area contributed by atoms with Gasteiger partial charge < -0.3 is 0 Å². The number of ketones is 1. The lowest BCUT2D eigenvalue weighted by molar-refractivity contribution is -0.121. The minimum Gasteiger partial charge on any atom is -0.295 e. The molecule has 0 aromatic heterocycles. The van der Waals surface area contributed by atoms with Crippen molar-refractivity contribution in [2.75, 3.05) is 0 Å². The van der Waals surface area contributed by atoms with Crippen LogP contribution in [0.3, 0.4) is 0 Å². The fourth-order valence-corrected chi connectivity index (χ4v) is 3.90. The van der Waals surface area contributed by atoms with Crippen LogP contribution in [0.2, 0.25) is 0 Å². The Balaban J connectivity index is 1.88. The monoisotopic (exact) mass is 172 g/mol. The van der Waals surface area contributed by atoms with Gasteiger partial charge in [0.2, 0.25) is 0 Å². The van der Waals surface area contributed by atoms with E-state index in [1.807, 2.05) is 6.08 Å². The first-order valence-corrected chi connectivity index (χ1v) is 5.26. The Morgan fingerprint density at radius 1 is 1.00 bits per heavy atom. The van der Waals surface area contributed by atoms with Crippen LogP contribution in [0.1, 0.15) is 6.42 Å². The number of allylic oxidation sites excluding steroid dienone is 4. The molecular weight excluding hydrogens is 160 g/mol. The molecule has 0 unspecified atom stereocenters. The van der Waals surface area contributed by atoms with Gasteiger partial charge in [-0.1, -0.05) is 18.2 Å². The predicted molar refractivity (Wildman–Crippen MR) is 48.8 cm³/mol. The molecule has 6 atom stereocenters. The first kappa shape index (κ1) is 6.58. The van der Waals surface area contributed by atoms with Crippen LogP contribution in [0.5, 0.6) is 0 Å². The van der Waals surface area contributed by atoms with E-state index in [-0.39, 0.29) is 0 Å². The van der Waals surface area contributed by atoms with Crippen molar-refractivity contribution in [2.24, 2.45) is 35.5 Å². The first-order valence-electron chi connectivity index (χ1n) is 5.26. The average Bonchev–Trinajstić information content (AvgIpc) is 2.88. The maximum Gasteiger partial charge on any atom is 0.159 e. The highest BCUT2D eigenvalue weighted by molar-refractivity contribution is 5.95. The molecule has 1 heteroatoms. The molecule has 0 aromatic carbocycles. The largest absolute Gasteiger partial charge is 0.295 e. The lowest BCUT2D eigenvalue weighted by atomic mass is 9.63. The summed E-state index contributed by atoms with van der Waals surface area (Å²) in [5.74, 6) is 4.44. The molecule has 2 fully saturated rings. The standard InChI is InChI=1S/C12H12O/c13-11-4-3-7-6-1-2-8(12(7)11)10-5-9(6)10/h1-4,6-10,12H,5H2/t6-,7+,8-,9-,10+,12+/m1/s1. The second-order valence-electron chi connectivity index (χ2n) is 4.97. The van der Waals surface area contributed by atoms with Gasteiger partial charge in [-0.3, -0.25) is 4.79 Å². The Bertz CT molecular complexity index is 350. The summed E-state index contributed by atoms with van der Waals surface area (Å²) in [7, 11) is 0. The lowest BCUT2D eigenvalue weighted by Gasteiger charge is -2.39. The Hall–Kier alpha value is -0.850. The predicted octanol–water partition coefficient (Wildman–Crippen LogP) is 1.81. The Morgan fingerprint density at radius 2 is 1.77 bits per heavy atom. The number of hydrogen-bond acceptors (Lipinski definition) is 1. The molecule has 1 nitrogen and oxygen atoms in total. The van der Waals surface area contributed by atoms with Gasteiger partial charge in [0.1, 0.15) is 0 Å². The number of carbonyl (C=O) groups is 1. The van der Waals surface area contributed by atoms with Crippen LogP contribution in [0.15, 0.2) is 24.3 Å². The molecule has 5 aliphatic carbocycles. The minimum absolute atomic E-state index is 0.346. The number of hydrogen-bond donors (Lipinski definition) is 0. The summed E-state index contributed by atoms with van der Waals surface area (Å²) < 4.78 is 0. The topological polar surface area (TPSA) is 17.1 Å². The van der Waals surface area contributed by atoms with Gasteiger partial charge in [0, 0.05) is 5.92 Å². The second-order valence-corrected chi connectivity index (χ2v) is 4.97. The van der Waals surface area contributed by atoms with Crippen molar-refractivity contribution in [3.05, 3.63) is 24.3 Å². The summed E-state index contributed by atoms with van der Waals surface area (Å²) in [5, 5.41) is 0. The summed E-state index contributed by atoms with van der Waals surface area (Å²) in [6, 6.07) is 0. The van der Waals surface area contributed by atoms with Crippen molar-refractivity contribution in [1.82, 2.24) is 0 Å². The molecule has 0 aliphatic heterocycles.